The number of rotatable bonds is 5. The minimum Gasteiger partial charge on any atom is -0.466 e. The van der Waals surface area contributed by atoms with Crippen LogP contribution in [0, 0.1) is 10.1 Å². The van der Waals surface area contributed by atoms with Crippen molar-refractivity contribution < 1.29 is 25.4 Å². The highest BCUT2D eigenvalue weighted by molar-refractivity contribution is 5.99. The molecule has 8 nitrogen and oxygen atoms in total. The molecule has 26 heavy (non-hydrogen) atoms. The number of carbonyl (C=O) groups is 2. The van der Waals surface area contributed by atoms with Gasteiger partial charge in [0, 0.05) is 24.9 Å². The van der Waals surface area contributed by atoms with E-state index in [0.29, 0.717) is 11.4 Å². The lowest BCUT2D eigenvalue weighted by atomic mass is 9.80. The van der Waals surface area contributed by atoms with E-state index in [1.54, 1.807) is 20.8 Å². The topological polar surface area (TPSA) is 108 Å². The first-order valence-corrected chi connectivity index (χ1v) is 7.88. The molecule has 0 spiro atoms. The van der Waals surface area contributed by atoms with Gasteiger partial charge >= 0.3 is 11.9 Å². The van der Waals surface area contributed by atoms with Crippen LogP contribution in [0.4, 0.5) is 5.69 Å². The minimum atomic E-state index is -2.04. The molecule has 0 aliphatic carbocycles. The number of nitrogens with zero attached hydrogens (tertiary/aromatic N) is 1. The van der Waals surface area contributed by atoms with E-state index >= 15 is 0 Å². The van der Waals surface area contributed by atoms with Crippen molar-refractivity contribution in [2.24, 2.45) is 0 Å². The van der Waals surface area contributed by atoms with Gasteiger partial charge < -0.3 is 14.8 Å². The molecular formula is C18H20N2O6. The molecule has 1 aliphatic heterocycles. The summed E-state index contributed by atoms with van der Waals surface area (Å²) in [6, 6.07) is 5.28. The standard InChI is InChI=1S/C18H20N2O6/c1-5-26-18(22)15-11(3)19-10(2)14(17(21)25-4)16(15)12-7-6-8-13(9-12)20(23)24/h6-9,16,19H,5H2,1-4H3/i16D. The number of hydrogen-bond donors (Lipinski definition) is 1. The van der Waals surface area contributed by atoms with Crippen molar-refractivity contribution in [3.63, 3.8) is 0 Å². The summed E-state index contributed by atoms with van der Waals surface area (Å²) in [5.74, 6) is -3.65. The van der Waals surface area contributed by atoms with E-state index in [0.717, 1.165) is 7.11 Å². The van der Waals surface area contributed by atoms with E-state index < -0.39 is 22.8 Å². The number of nitro benzene ring substituents is 1. The fraction of sp³-hybridized carbons (Fsp3) is 0.333. The van der Waals surface area contributed by atoms with Gasteiger partial charge in [0.15, 0.2) is 0 Å². The van der Waals surface area contributed by atoms with Gasteiger partial charge in [0.25, 0.3) is 5.69 Å². The molecule has 1 atom stereocenters. The van der Waals surface area contributed by atoms with E-state index in [4.69, 9.17) is 10.8 Å². The fourth-order valence-electron chi connectivity index (χ4n) is 2.79. The van der Waals surface area contributed by atoms with Crippen molar-refractivity contribution in [2.75, 3.05) is 13.7 Å². The van der Waals surface area contributed by atoms with E-state index in [-0.39, 0.29) is 29.0 Å². The summed E-state index contributed by atoms with van der Waals surface area (Å²) in [6.07, 6.45) is 0. The number of nitrogens with one attached hydrogen (secondary N) is 1. The number of dihydropyridines is 1. The van der Waals surface area contributed by atoms with Crippen molar-refractivity contribution >= 4 is 17.6 Å². The van der Waals surface area contributed by atoms with Crippen molar-refractivity contribution in [1.29, 1.82) is 0 Å². The van der Waals surface area contributed by atoms with Gasteiger partial charge in [-0.3, -0.25) is 10.1 Å². The zero-order valence-electron chi connectivity index (χ0n) is 15.9. The van der Waals surface area contributed by atoms with E-state index in [9.17, 15) is 19.7 Å². The first-order valence-electron chi connectivity index (χ1n) is 8.38. The largest absolute Gasteiger partial charge is 0.466 e. The molecule has 1 N–H and O–H groups in total. The summed E-state index contributed by atoms with van der Waals surface area (Å²) in [4.78, 5) is 35.7. The summed E-state index contributed by atoms with van der Waals surface area (Å²) in [5.41, 5.74) is 0.185. The first kappa shape index (κ1) is 17.7. The third-order valence-corrected chi connectivity index (χ3v) is 3.84. The average molecular weight is 361 g/mol. The average Bonchev–Trinajstić information content (AvgIpc) is 2.61. The number of ether oxygens (including phenoxy) is 2. The summed E-state index contributed by atoms with van der Waals surface area (Å²) < 4.78 is 19.0. The van der Waals surface area contributed by atoms with Gasteiger partial charge in [-0.25, -0.2) is 9.59 Å². The number of benzene rings is 1. The normalized spacial score (nSPS) is 20.2. The Morgan fingerprint density at radius 1 is 1.27 bits per heavy atom. The van der Waals surface area contributed by atoms with Crippen LogP contribution in [0.1, 0.15) is 33.6 Å². The summed E-state index contributed by atoms with van der Waals surface area (Å²) in [7, 11) is 1.16. The van der Waals surface area contributed by atoms with Crippen LogP contribution in [0.3, 0.4) is 0 Å². The molecule has 0 saturated carbocycles. The zero-order chi connectivity index (χ0) is 20.4. The lowest BCUT2D eigenvalue weighted by molar-refractivity contribution is -0.384. The predicted octanol–water partition coefficient (Wildman–Crippen LogP) is 2.57. The molecule has 1 heterocycles. The number of nitro groups is 1. The van der Waals surface area contributed by atoms with Crippen LogP contribution < -0.4 is 5.32 Å². The number of carbonyl (C=O) groups excluding carboxylic acids is 2. The van der Waals surface area contributed by atoms with E-state index in [1.165, 1.54) is 24.3 Å². The number of allylic oxidation sites excluding steroid dienone is 2. The monoisotopic (exact) mass is 361 g/mol. The Bertz CT molecular complexity index is 876. The fourth-order valence-corrected chi connectivity index (χ4v) is 2.79. The second-order valence-electron chi connectivity index (χ2n) is 5.52. The summed E-state index contributed by atoms with van der Waals surface area (Å²) >= 11 is 0. The quantitative estimate of drug-likeness (QED) is 0.488. The molecule has 1 aliphatic rings. The lowest BCUT2D eigenvalue weighted by Crippen LogP contribution is -2.32. The maximum absolute atomic E-state index is 12.6. The van der Waals surface area contributed by atoms with Gasteiger partial charge in [0.1, 0.15) is 0 Å². The molecule has 8 heteroatoms. The van der Waals surface area contributed by atoms with E-state index in [1.807, 2.05) is 0 Å². The maximum atomic E-state index is 12.6. The molecule has 0 radical (unpaired) electrons. The van der Waals surface area contributed by atoms with Crippen LogP contribution in [0.5, 0.6) is 0 Å². The lowest BCUT2D eigenvalue weighted by Gasteiger charge is -2.30. The maximum Gasteiger partial charge on any atom is 0.336 e. The Morgan fingerprint density at radius 2 is 1.88 bits per heavy atom. The van der Waals surface area contributed by atoms with Crippen LogP contribution >= 0.6 is 0 Å². The van der Waals surface area contributed by atoms with Crippen molar-refractivity contribution in [2.45, 2.75) is 26.7 Å². The van der Waals surface area contributed by atoms with Gasteiger partial charge in [-0.1, -0.05) is 12.1 Å². The van der Waals surface area contributed by atoms with Gasteiger partial charge in [-0.05, 0) is 26.3 Å². The van der Waals surface area contributed by atoms with Crippen LogP contribution in [0.2, 0.25) is 0 Å². The highest BCUT2D eigenvalue weighted by Gasteiger charge is 2.38. The van der Waals surface area contributed by atoms with Crippen LogP contribution in [-0.2, 0) is 19.1 Å². The van der Waals surface area contributed by atoms with Gasteiger partial charge in [-0.2, -0.15) is 0 Å². The third kappa shape index (κ3) is 3.58. The highest BCUT2D eigenvalue weighted by Crippen LogP contribution is 2.40. The SMILES string of the molecule is [2H]C1(c2cccc([N+](=O)[O-])c2)C(C(=O)OC)=C(C)NC(C)=C1C(=O)OCC. The van der Waals surface area contributed by atoms with Gasteiger partial charge in [-0.15, -0.1) is 0 Å². The number of hydrogen-bond acceptors (Lipinski definition) is 7. The zero-order valence-corrected chi connectivity index (χ0v) is 14.9. The van der Waals surface area contributed by atoms with Crippen LogP contribution in [0.15, 0.2) is 46.8 Å². The number of methoxy groups -OCH3 is 1. The molecule has 1 aromatic rings. The third-order valence-electron chi connectivity index (χ3n) is 3.84. The Morgan fingerprint density at radius 3 is 2.42 bits per heavy atom. The Balaban J connectivity index is 2.83. The minimum absolute atomic E-state index is 0.0664. The molecule has 138 valence electrons. The Hall–Kier alpha value is -3.16. The highest BCUT2D eigenvalue weighted by atomic mass is 16.6. The van der Waals surface area contributed by atoms with Gasteiger partial charge in [0.2, 0.25) is 0 Å². The molecule has 0 bridgehead atoms. The number of non-ortho nitro benzene ring substituents is 1. The second kappa shape index (κ2) is 7.81. The number of esters is 2. The molecule has 1 unspecified atom stereocenters. The van der Waals surface area contributed by atoms with E-state index in [2.05, 4.69) is 5.32 Å². The molecule has 1 aromatic carbocycles. The van der Waals surface area contributed by atoms with Crippen molar-refractivity contribution in [3.8, 4) is 0 Å². The van der Waals surface area contributed by atoms with Gasteiger partial charge in [0.05, 0.1) is 35.7 Å². The Labute approximate surface area is 152 Å². The van der Waals surface area contributed by atoms with Crippen molar-refractivity contribution in [1.82, 2.24) is 5.32 Å². The van der Waals surface area contributed by atoms with Crippen molar-refractivity contribution in [3.05, 3.63) is 62.5 Å². The molecule has 0 amide bonds. The molecule has 0 fully saturated rings. The molecular weight excluding hydrogens is 340 g/mol. The molecule has 2 rings (SSSR count). The summed E-state index contributed by atoms with van der Waals surface area (Å²) in [6.45, 7) is 4.82. The first-order chi connectivity index (χ1) is 12.7. The second-order valence-corrected chi connectivity index (χ2v) is 5.52. The van der Waals surface area contributed by atoms with Crippen LogP contribution in [-0.4, -0.2) is 30.6 Å². The van der Waals surface area contributed by atoms with Crippen LogP contribution in [0.25, 0.3) is 0 Å². The smallest absolute Gasteiger partial charge is 0.336 e. The Kier molecular flexibility index (Phi) is 5.31. The predicted molar refractivity (Wildman–Crippen MR) is 93.0 cm³/mol. The summed E-state index contributed by atoms with van der Waals surface area (Å²) in [5, 5.41) is 14.1. The molecule has 0 aromatic heterocycles. The molecule has 0 saturated heterocycles.